The molecule has 0 atom stereocenters. The monoisotopic (exact) mass is 354 g/mol. The van der Waals surface area contributed by atoms with Gasteiger partial charge in [0.05, 0.1) is 44.7 Å². The van der Waals surface area contributed by atoms with Gasteiger partial charge in [0.1, 0.15) is 6.54 Å². The second-order valence-electron chi connectivity index (χ2n) is 6.27. The fourth-order valence-corrected chi connectivity index (χ4v) is 3.80. The SMILES string of the molecule is CCc1ccc(N(CC(=O)N2CC[NH+](CC)CC2)S(C)(=O)=O)cc1. The maximum atomic E-state index is 12.6. The molecule has 1 aromatic carbocycles. The van der Waals surface area contributed by atoms with Crippen molar-refractivity contribution in [1.82, 2.24) is 4.90 Å². The van der Waals surface area contributed by atoms with Crippen molar-refractivity contribution in [2.45, 2.75) is 20.3 Å². The lowest BCUT2D eigenvalue weighted by atomic mass is 10.1. The first-order valence-electron chi connectivity index (χ1n) is 8.53. The Morgan fingerprint density at radius 2 is 1.75 bits per heavy atom. The molecule has 1 aliphatic heterocycles. The average Bonchev–Trinajstić information content (AvgIpc) is 2.58. The third-order valence-corrected chi connectivity index (χ3v) is 5.78. The second kappa shape index (κ2) is 7.98. The topological polar surface area (TPSA) is 62.1 Å². The molecule has 134 valence electrons. The maximum absolute atomic E-state index is 12.6. The highest BCUT2D eigenvalue weighted by Gasteiger charge is 2.27. The van der Waals surface area contributed by atoms with E-state index in [0.717, 1.165) is 37.9 Å². The number of piperazine rings is 1. The maximum Gasteiger partial charge on any atom is 0.243 e. The summed E-state index contributed by atoms with van der Waals surface area (Å²) in [7, 11) is -3.51. The Kier molecular flexibility index (Phi) is 6.23. The van der Waals surface area contributed by atoms with E-state index >= 15 is 0 Å². The van der Waals surface area contributed by atoms with Crippen LogP contribution in [0.25, 0.3) is 0 Å². The highest BCUT2D eigenvalue weighted by atomic mass is 32.2. The van der Waals surface area contributed by atoms with E-state index in [1.54, 1.807) is 17.0 Å². The van der Waals surface area contributed by atoms with Gasteiger partial charge in [-0.15, -0.1) is 0 Å². The van der Waals surface area contributed by atoms with E-state index < -0.39 is 10.0 Å². The summed E-state index contributed by atoms with van der Waals surface area (Å²) in [6.45, 7) is 8.33. The molecule has 1 aromatic rings. The lowest BCUT2D eigenvalue weighted by Crippen LogP contribution is -3.14. The van der Waals surface area contributed by atoms with Crippen LogP contribution >= 0.6 is 0 Å². The fraction of sp³-hybridized carbons (Fsp3) is 0.588. The van der Waals surface area contributed by atoms with Gasteiger partial charge in [-0.05, 0) is 31.0 Å². The van der Waals surface area contributed by atoms with Gasteiger partial charge in [0.25, 0.3) is 0 Å². The number of amides is 1. The molecule has 0 saturated carbocycles. The van der Waals surface area contributed by atoms with Crippen LogP contribution in [0.3, 0.4) is 0 Å². The highest BCUT2D eigenvalue weighted by Crippen LogP contribution is 2.19. The Labute approximate surface area is 145 Å². The second-order valence-corrected chi connectivity index (χ2v) is 8.18. The van der Waals surface area contributed by atoms with E-state index in [1.807, 2.05) is 19.1 Å². The number of carbonyl (C=O) groups excluding carboxylic acids is 1. The first kappa shape index (κ1) is 18.7. The first-order chi connectivity index (χ1) is 11.3. The molecule has 0 aromatic heterocycles. The molecule has 1 fully saturated rings. The summed E-state index contributed by atoms with van der Waals surface area (Å²) >= 11 is 0. The largest absolute Gasteiger partial charge is 0.332 e. The number of carbonyl (C=O) groups is 1. The van der Waals surface area contributed by atoms with Crippen LogP contribution in [-0.4, -0.2) is 64.7 Å². The van der Waals surface area contributed by atoms with Crippen LogP contribution in [0, 0.1) is 0 Å². The molecule has 2 rings (SSSR count). The molecule has 0 radical (unpaired) electrons. The van der Waals surface area contributed by atoms with E-state index in [-0.39, 0.29) is 12.5 Å². The number of quaternary nitrogens is 1. The minimum absolute atomic E-state index is 0.129. The van der Waals surface area contributed by atoms with Crippen LogP contribution in [0.15, 0.2) is 24.3 Å². The highest BCUT2D eigenvalue weighted by molar-refractivity contribution is 7.92. The Morgan fingerprint density at radius 3 is 2.21 bits per heavy atom. The molecule has 0 unspecified atom stereocenters. The van der Waals surface area contributed by atoms with Gasteiger partial charge in [0.2, 0.25) is 15.9 Å². The molecular formula is C17H28N3O3S+. The third kappa shape index (κ3) is 4.70. The standard InChI is InChI=1S/C17H27N3O3S/c1-4-15-6-8-16(9-7-15)20(24(3,22)23)14-17(21)19-12-10-18(5-2)11-13-19/h6-9H,4-5,10-14H2,1-3H3/p+1. The molecule has 1 N–H and O–H groups in total. The van der Waals surface area contributed by atoms with Crippen molar-refractivity contribution >= 4 is 21.6 Å². The zero-order valence-electron chi connectivity index (χ0n) is 14.8. The predicted molar refractivity (Wildman–Crippen MR) is 95.8 cm³/mol. The zero-order valence-corrected chi connectivity index (χ0v) is 15.6. The van der Waals surface area contributed by atoms with Crippen LogP contribution < -0.4 is 9.21 Å². The predicted octanol–water partition coefficient (Wildman–Crippen LogP) is -0.238. The Bertz CT molecular complexity index is 650. The molecular weight excluding hydrogens is 326 g/mol. The number of anilines is 1. The average molecular weight is 354 g/mol. The van der Waals surface area contributed by atoms with Crippen molar-refractivity contribution in [1.29, 1.82) is 0 Å². The van der Waals surface area contributed by atoms with Crippen molar-refractivity contribution in [3.63, 3.8) is 0 Å². The first-order valence-corrected chi connectivity index (χ1v) is 10.4. The molecule has 7 heteroatoms. The van der Waals surface area contributed by atoms with Crippen LogP contribution in [0.1, 0.15) is 19.4 Å². The number of nitrogens with one attached hydrogen (secondary N) is 1. The van der Waals surface area contributed by atoms with Gasteiger partial charge in [0.15, 0.2) is 0 Å². The van der Waals surface area contributed by atoms with Gasteiger partial charge in [-0.3, -0.25) is 9.10 Å². The third-order valence-electron chi connectivity index (χ3n) is 4.64. The van der Waals surface area contributed by atoms with Gasteiger partial charge in [-0.2, -0.15) is 0 Å². The smallest absolute Gasteiger partial charge is 0.243 e. The lowest BCUT2D eigenvalue weighted by Gasteiger charge is -2.33. The number of rotatable bonds is 6. The van der Waals surface area contributed by atoms with E-state index in [2.05, 4.69) is 6.92 Å². The van der Waals surface area contributed by atoms with Crippen LogP contribution in [0.2, 0.25) is 0 Å². The molecule has 0 spiro atoms. The molecule has 0 aliphatic carbocycles. The summed E-state index contributed by atoms with van der Waals surface area (Å²) in [6.07, 6.45) is 2.04. The lowest BCUT2D eigenvalue weighted by molar-refractivity contribution is -0.902. The molecule has 1 heterocycles. The molecule has 1 saturated heterocycles. The van der Waals surface area contributed by atoms with Crippen molar-refractivity contribution in [3.05, 3.63) is 29.8 Å². The van der Waals surface area contributed by atoms with Crippen LogP contribution in [-0.2, 0) is 21.2 Å². The Balaban J connectivity index is 2.10. The number of likely N-dealkylation sites (N-methyl/N-ethyl adjacent to an activating group) is 1. The van der Waals surface area contributed by atoms with E-state index in [1.165, 1.54) is 9.21 Å². The summed E-state index contributed by atoms with van der Waals surface area (Å²) in [5, 5.41) is 0. The fourth-order valence-electron chi connectivity index (χ4n) is 2.95. The van der Waals surface area contributed by atoms with Gasteiger partial charge in [-0.25, -0.2) is 8.42 Å². The quantitative estimate of drug-likeness (QED) is 0.767. The summed E-state index contributed by atoms with van der Waals surface area (Å²) in [6, 6.07) is 7.35. The summed E-state index contributed by atoms with van der Waals surface area (Å²) in [4.78, 5) is 15.8. The number of hydrogen-bond donors (Lipinski definition) is 1. The van der Waals surface area contributed by atoms with Gasteiger partial charge in [-0.1, -0.05) is 19.1 Å². The van der Waals surface area contributed by atoms with Gasteiger partial charge >= 0.3 is 0 Å². The van der Waals surface area contributed by atoms with Crippen LogP contribution in [0.5, 0.6) is 0 Å². The summed E-state index contributed by atoms with van der Waals surface area (Å²) in [5.74, 6) is -0.129. The number of hydrogen-bond acceptors (Lipinski definition) is 3. The van der Waals surface area contributed by atoms with Gasteiger partial charge in [0, 0.05) is 0 Å². The van der Waals surface area contributed by atoms with Crippen molar-refractivity contribution in [2.24, 2.45) is 0 Å². The molecule has 1 aliphatic rings. The van der Waals surface area contributed by atoms with Crippen molar-refractivity contribution in [3.8, 4) is 0 Å². The van der Waals surface area contributed by atoms with Crippen LogP contribution in [0.4, 0.5) is 5.69 Å². The number of sulfonamides is 1. The van der Waals surface area contributed by atoms with Crippen molar-refractivity contribution < 1.29 is 18.1 Å². The summed E-state index contributed by atoms with van der Waals surface area (Å²) in [5.41, 5.74) is 1.68. The number of nitrogens with zero attached hydrogens (tertiary/aromatic N) is 2. The van der Waals surface area contributed by atoms with E-state index in [9.17, 15) is 13.2 Å². The Hall–Kier alpha value is -1.60. The molecule has 1 amide bonds. The number of aryl methyl sites for hydroxylation is 1. The molecule has 0 bridgehead atoms. The summed E-state index contributed by atoms with van der Waals surface area (Å²) < 4.78 is 25.5. The zero-order chi connectivity index (χ0) is 17.7. The van der Waals surface area contributed by atoms with E-state index in [4.69, 9.17) is 0 Å². The minimum Gasteiger partial charge on any atom is -0.332 e. The normalized spacial score (nSPS) is 16.2. The minimum atomic E-state index is -3.51. The molecule has 24 heavy (non-hydrogen) atoms. The van der Waals surface area contributed by atoms with Gasteiger partial charge < -0.3 is 9.80 Å². The van der Waals surface area contributed by atoms with E-state index in [0.29, 0.717) is 18.8 Å². The molecule has 6 nitrogen and oxygen atoms in total. The Morgan fingerprint density at radius 1 is 1.17 bits per heavy atom. The number of benzene rings is 1. The van der Waals surface area contributed by atoms with Crippen molar-refractivity contribution in [2.75, 3.05) is 49.8 Å².